The summed E-state index contributed by atoms with van der Waals surface area (Å²) in [5, 5.41) is 7.69. The van der Waals surface area contributed by atoms with Crippen LogP contribution in [0.2, 0.25) is 0 Å². The smallest absolute Gasteiger partial charge is 0.276 e. The number of rotatable bonds is 4. The molecule has 0 unspecified atom stereocenters. The van der Waals surface area contributed by atoms with E-state index in [4.69, 9.17) is 9.84 Å². The van der Waals surface area contributed by atoms with E-state index >= 15 is 0 Å². The summed E-state index contributed by atoms with van der Waals surface area (Å²) < 4.78 is 7.12. The standard InChI is InChI=1S/C22H23N3O2/c1-27-18-14-12-16(13-15-18)23-22(26)21-19-10-6-3-7-11-20(19)25(24-21)17-8-4-2-5-9-17/h2,4-5,8-9,12-15H,3,6-7,10-11H2,1H3,(H,23,26). The summed E-state index contributed by atoms with van der Waals surface area (Å²) >= 11 is 0. The Balaban J connectivity index is 1.69. The average Bonchev–Trinajstić information content (AvgIpc) is 2.90. The highest BCUT2D eigenvalue weighted by molar-refractivity contribution is 6.04. The number of fused-ring (bicyclic) bond motifs is 1. The second kappa shape index (κ2) is 7.66. The van der Waals surface area contributed by atoms with Gasteiger partial charge >= 0.3 is 0 Å². The number of nitrogens with zero attached hydrogens (tertiary/aromatic N) is 2. The summed E-state index contributed by atoms with van der Waals surface area (Å²) in [5.41, 5.74) is 4.52. The van der Waals surface area contributed by atoms with Gasteiger partial charge in [0, 0.05) is 16.9 Å². The van der Waals surface area contributed by atoms with Crippen LogP contribution in [0, 0.1) is 0 Å². The topological polar surface area (TPSA) is 56.1 Å². The predicted molar refractivity (Wildman–Crippen MR) is 106 cm³/mol. The first-order valence-corrected chi connectivity index (χ1v) is 9.38. The molecule has 0 bridgehead atoms. The van der Waals surface area contributed by atoms with Gasteiger partial charge in [0.2, 0.25) is 0 Å². The highest BCUT2D eigenvalue weighted by atomic mass is 16.5. The molecule has 4 rings (SSSR count). The third-order valence-corrected chi connectivity index (χ3v) is 4.99. The summed E-state index contributed by atoms with van der Waals surface area (Å²) in [5.74, 6) is 0.600. The molecule has 2 aromatic carbocycles. The lowest BCUT2D eigenvalue weighted by Crippen LogP contribution is -2.15. The SMILES string of the molecule is COc1ccc(NC(=O)c2nn(-c3ccccc3)c3c2CCCCC3)cc1. The molecular formula is C22H23N3O2. The Morgan fingerprint density at radius 3 is 2.48 bits per heavy atom. The van der Waals surface area contributed by atoms with Crippen molar-refractivity contribution in [3.8, 4) is 11.4 Å². The maximum atomic E-state index is 13.0. The van der Waals surface area contributed by atoms with Gasteiger partial charge in [-0.25, -0.2) is 4.68 Å². The van der Waals surface area contributed by atoms with Crippen molar-refractivity contribution in [3.05, 3.63) is 71.5 Å². The van der Waals surface area contributed by atoms with Crippen LogP contribution < -0.4 is 10.1 Å². The molecule has 0 radical (unpaired) electrons. The van der Waals surface area contributed by atoms with Crippen molar-refractivity contribution < 1.29 is 9.53 Å². The van der Waals surface area contributed by atoms with Crippen molar-refractivity contribution in [2.75, 3.05) is 12.4 Å². The highest BCUT2D eigenvalue weighted by Gasteiger charge is 2.24. The fraction of sp³-hybridized carbons (Fsp3) is 0.273. The molecule has 1 aliphatic carbocycles. The van der Waals surface area contributed by atoms with Gasteiger partial charge < -0.3 is 10.1 Å². The Morgan fingerprint density at radius 2 is 1.74 bits per heavy atom. The van der Waals surface area contributed by atoms with Gasteiger partial charge in [0.15, 0.2) is 5.69 Å². The minimum absolute atomic E-state index is 0.159. The summed E-state index contributed by atoms with van der Waals surface area (Å²) in [7, 11) is 1.62. The van der Waals surface area contributed by atoms with E-state index in [0.29, 0.717) is 5.69 Å². The molecule has 0 saturated carbocycles. The Kier molecular flexibility index (Phi) is 4.92. The first-order valence-electron chi connectivity index (χ1n) is 9.38. The summed E-state index contributed by atoms with van der Waals surface area (Å²) in [6.45, 7) is 0. The van der Waals surface area contributed by atoms with E-state index in [1.54, 1.807) is 7.11 Å². The van der Waals surface area contributed by atoms with Crippen molar-refractivity contribution in [3.63, 3.8) is 0 Å². The molecule has 0 spiro atoms. The summed E-state index contributed by atoms with van der Waals surface area (Å²) in [6.07, 6.45) is 5.25. The number of carbonyl (C=O) groups is 1. The number of ether oxygens (including phenoxy) is 1. The molecule has 1 N–H and O–H groups in total. The number of methoxy groups -OCH3 is 1. The van der Waals surface area contributed by atoms with Crippen molar-refractivity contribution in [2.45, 2.75) is 32.1 Å². The number of para-hydroxylation sites is 1. The van der Waals surface area contributed by atoms with E-state index in [0.717, 1.165) is 48.4 Å². The third kappa shape index (κ3) is 3.58. The molecule has 0 atom stereocenters. The number of aromatic nitrogens is 2. The molecule has 1 aliphatic rings. The molecule has 3 aromatic rings. The van der Waals surface area contributed by atoms with Crippen LogP contribution >= 0.6 is 0 Å². The third-order valence-electron chi connectivity index (χ3n) is 4.99. The van der Waals surface area contributed by atoms with E-state index < -0.39 is 0 Å². The molecule has 5 nitrogen and oxygen atoms in total. The number of hydrogen-bond donors (Lipinski definition) is 1. The van der Waals surface area contributed by atoms with Crippen LogP contribution in [0.5, 0.6) is 5.75 Å². The van der Waals surface area contributed by atoms with Crippen LogP contribution in [0.3, 0.4) is 0 Å². The van der Waals surface area contributed by atoms with Crippen LogP contribution in [0.4, 0.5) is 5.69 Å². The van der Waals surface area contributed by atoms with Crippen molar-refractivity contribution in [1.82, 2.24) is 9.78 Å². The Hall–Kier alpha value is -3.08. The van der Waals surface area contributed by atoms with E-state index in [1.165, 1.54) is 12.1 Å². The Labute approximate surface area is 159 Å². The molecule has 138 valence electrons. The van der Waals surface area contributed by atoms with E-state index in [9.17, 15) is 4.79 Å². The van der Waals surface area contributed by atoms with E-state index in [1.807, 2.05) is 59.3 Å². The fourth-order valence-corrected chi connectivity index (χ4v) is 3.61. The van der Waals surface area contributed by atoms with Gasteiger partial charge in [-0.15, -0.1) is 0 Å². The second-order valence-electron chi connectivity index (χ2n) is 6.76. The molecule has 1 heterocycles. The number of carbonyl (C=O) groups excluding carboxylic acids is 1. The first kappa shape index (κ1) is 17.3. The number of hydrogen-bond acceptors (Lipinski definition) is 3. The van der Waals surface area contributed by atoms with Gasteiger partial charge in [0.05, 0.1) is 12.8 Å². The first-order chi connectivity index (χ1) is 13.3. The van der Waals surface area contributed by atoms with Gasteiger partial charge in [0.25, 0.3) is 5.91 Å². The van der Waals surface area contributed by atoms with Gasteiger partial charge in [0.1, 0.15) is 5.75 Å². The van der Waals surface area contributed by atoms with Gasteiger partial charge in [-0.1, -0.05) is 24.6 Å². The quantitative estimate of drug-likeness (QED) is 0.701. The number of nitrogens with one attached hydrogen (secondary N) is 1. The van der Waals surface area contributed by atoms with Gasteiger partial charge in [-0.05, 0) is 62.1 Å². The lowest BCUT2D eigenvalue weighted by molar-refractivity contribution is 0.102. The molecule has 5 heteroatoms. The lowest BCUT2D eigenvalue weighted by atomic mass is 10.1. The molecular weight excluding hydrogens is 338 g/mol. The van der Waals surface area contributed by atoms with Crippen LogP contribution in [-0.4, -0.2) is 22.8 Å². The Morgan fingerprint density at radius 1 is 1.00 bits per heavy atom. The van der Waals surface area contributed by atoms with Crippen LogP contribution in [0.25, 0.3) is 5.69 Å². The highest BCUT2D eigenvalue weighted by Crippen LogP contribution is 2.27. The average molecular weight is 361 g/mol. The molecule has 27 heavy (non-hydrogen) atoms. The minimum atomic E-state index is -0.159. The molecule has 1 aromatic heterocycles. The summed E-state index contributed by atoms with van der Waals surface area (Å²) in [6, 6.07) is 17.4. The molecule has 0 aliphatic heterocycles. The molecule has 0 saturated heterocycles. The van der Waals surface area contributed by atoms with Gasteiger partial charge in [-0.2, -0.15) is 5.10 Å². The van der Waals surface area contributed by atoms with E-state index in [2.05, 4.69) is 5.32 Å². The lowest BCUT2D eigenvalue weighted by Gasteiger charge is -2.06. The largest absolute Gasteiger partial charge is 0.497 e. The predicted octanol–water partition coefficient (Wildman–Crippen LogP) is 4.40. The van der Waals surface area contributed by atoms with Crippen LogP contribution in [-0.2, 0) is 12.8 Å². The molecule has 1 amide bonds. The van der Waals surface area contributed by atoms with Crippen molar-refractivity contribution >= 4 is 11.6 Å². The number of benzene rings is 2. The Bertz CT molecular complexity index is 930. The van der Waals surface area contributed by atoms with Gasteiger partial charge in [-0.3, -0.25) is 4.79 Å². The van der Waals surface area contributed by atoms with Crippen molar-refractivity contribution in [2.24, 2.45) is 0 Å². The summed E-state index contributed by atoms with van der Waals surface area (Å²) in [4.78, 5) is 13.0. The van der Waals surface area contributed by atoms with Crippen LogP contribution in [0.1, 0.15) is 41.0 Å². The maximum absolute atomic E-state index is 13.0. The zero-order valence-electron chi connectivity index (χ0n) is 15.4. The molecule has 0 fully saturated rings. The van der Waals surface area contributed by atoms with Crippen LogP contribution in [0.15, 0.2) is 54.6 Å². The van der Waals surface area contributed by atoms with E-state index in [-0.39, 0.29) is 5.91 Å². The monoisotopic (exact) mass is 361 g/mol. The number of amides is 1. The zero-order chi connectivity index (χ0) is 18.6. The minimum Gasteiger partial charge on any atom is -0.497 e. The van der Waals surface area contributed by atoms with Crippen molar-refractivity contribution in [1.29, 1.82) is 0 Å². The zero-order valence-corrected chi connectivity index (χ0v) is 15.4. The second-order valence-corrected chi connectivity index (χ2v) is 6.76. The maximum Gasteiger partial charge on any atom is 0.276 e. The normalized spacial score (nSPS) is 13.5. The fourth-order valence-electron chi connectivity index (χ4n) is 3.61. The number of anilines is 1.